The fourth-order valence-corrected chi connectivity index (χ4v) is 3.64. The number of nitrogens with one attached hydrogen (secondary N) is 1. The molecule has 1 aliphatic rings. The summed E-state index contributed by atoms with van der Waals surface area (Å²) in [6.45, 7) is 3.95. The summed E-state index contributed by atoms with van der Waals surface area (Å²) >= 11 is 1.60. The molecule has 2 atom stereocenters. The second-order valence-electron chi connectivity index (χ2n) is 5.96. The van der Waals surface area contributed by atoms with E-state index < -0.39 is 0 Å². The molecule has 1 aliphatic carbocycles. The van der Waals surface area contributed by atoms with Crippen LogP contribution >= 0.6 is 11.8 Å². The molecule has 0 aliphatic heterocycles. The number of amides is 1. The molecule has 3 N–H and O–H groups in total. The van der Waals surface area contributed by atoms with Crippen LogP contribution in [0.4, 0.5) is 0 Å². The van der Waals surface area contributed by atoms with Gasteiger partial charge in [0.25, 0.3) is 0 Å². The Balaban J connectivity index is 1.89. The molecule has 1 fully saturated rings. The number of hydrogen-bond donors (Lipinski definition) is 2. The van der Waals surface area contributed by atoms with E-state index in [-0.39, 0.29) is 17.2 Å². The number of carbonyl (C=O) groups is 1. The molecule has 2 rings (SSSR count). The van der Waals surface area contributed by atoms with E-state index in [0.29, 0.717) is 6.04 Å². The first-order chi connectivity index (χ1) is 10.1. The SMILES string of the molecule is CC(Sc1cccc(C(C)N)c1)C(=O)NC1CCCCC1. The molecule has 0 radical (unpaired) electrons. The fraction of sp³-hybridized carbons (Fsp3) is 0.588. The molecule has 0 bridgehead atoms. The Morgan fingerprint density at radius 3 is 2.67 bits per heavy atom. The van der Waals surface area contributed by atoms with E-state index in [1.807, 2.05) is 32.0 Å². The van der Waals surface area contributed by atoms with Gasteiger partial charge in [-0.25, -0.2) is 0 Å². The standard InChI is InChI=1S/C17H26N2OS/c1-12(18)14-7-6-10-16(11-14)21-13(2)17(20)19-15-8-4-3-5-9-15/h6-7,10-13,15H,3-5,8-9,18H2,1-2H3,(H,19,20). The maximum Gasteiger partial charge on any atom is 0.233 e. The van der Waals surface area contributed by atoms with Crippen LogP contribution in [0, 0.1) is 0 Å². The maximum atomic E-state index is 12.3. The maximum absolute atomic E-state index is 12.3. The van der Waals surface area contributed by atoms with Gasteiger partial charge in [-0.2, -0.15) is 0 Å². The van der Waals surface area contributed by atoms with Crippen molar-refractivity contribution in [2.75, 3.05) is 0 Å². The van der Waals surface area contributed by atoms with E-state index >= 15 is 0 Å². The van der Waals surface area contributed by atoms with Crippen molar-refractivity contribution < 1.29 is 4.79 Å². The van der Waals surface area contributed by atoms with Crippen molar-refractivity contribution >= 4 is 17.7 Å². The molecule has 4 heteroatoms. The number of benzene rings is 1. The Kier molecular flexibility index (Phi) is 6.12. The van der Waals surface area contributed by atoms with Crippen LogP contribution in [0.1, 0.15) is 57.6 Å². The summed E-state index contributed by atoms with van der Waals surface area (Å²) in [4.78, 5) is 13.4. The van der Waals surface area contributed by atoms with Gasteiger partial charge in [0.2, 0.25) is 5.91 Å². The summed E-state index contributed by atoms with van der Waals surface area (Å²) < 4.78 is 0. The van der Waals surface area contributed by atoms with Gasteiger partial charge in [0, 0.05) is 17.0 Å². The number of rotatable bonds is 5. The highest BCUT2D eigenvalue weighted by molar-refractivity contribution is 8.00. The van der Waals surface area contributed by atoms with Gasteiger partial charge >= 0.3 is 0 Å². The van der Waals surface area contributed by atoms with Crippen LogP contribution in [0.15, 0.2) is 29.2 Å². The molecule has 1 aromatic carbocycles. The van der Waals surface area contributed by atoms with Crippen LogP contribution in [0.3, 0.4) is 0 Å². The smallest absolute Gasteiger partial charge is 0.233 e. The van der Waals surface area contributed by atoms with E-state index in [4.69, 9.17) is 5.73 Å². The Morgan fingerprint density at radius 1 is 1.29 bits per heavy atom. The van der Waals surface area contributed by atoms with Gasteiger partial charge in [-0.3, -0.25) is 4.79 Å². The van der Waals surface area contributed by atoms with E-state index in [9.17, 15) is 4.79 Å². The van der Waals surface area contributed by atoms with Crippen molar-refractivity contribution in [2.24, 2.45) is 5.73 Å². The van der Waals surface area contributed by atoms with Gasteiger partial charge < -0.3 is 11.1 Å². The fourth-order valence-electron chi connectivity index (χ4n) is 2.69. The van der Waals surface area contributed by atoms with Crippen LogP contribution in [-0.2, 0) is 4.79 Å². The number of thioether (sulfide) groups is 1. The van der Waals surface area contributed by atoms with Gasteiger partial charge in [-0.05, 0) is 44.4 Å². The van der Waals surface area contributed by atoms with Gasteiger partial charge in [0.05, 0.1) is 5.25 Å². The van der Waals surface area contributed by atoms with Crippen LogP contribution in [0.2, 0.25) is 0 Å². The highest BCUT2D eigenvalue weighted by atomic mass is 32.2. The lowest BCUT2D eigenvalue weighted by atomic mass is 9.95. The van der Waals surface area contributed by atoms with Crippen LogP contribution in [-0.4, -0.2) is 17.2 Å². The molecule has 1 saturated carbocycles. The molecule has 116 valence electrons. The van der Waals surface area contributed by atoms with Crippen LogP contribution in [0.5, 0.6) is 0 Å². The lowest BCUT2D eigenvalue weighted by molar-refractivity contribution is -0.121. The van der Waals surface area contributed by atoms with Crippen molar-refractivity contribution in [1.29, 1.82) is 0 Å². The topological polar surface area (TPSA) is 55.1 Å². The zero-order chi connectivity index (χ0) is 15.2. The predicted molar refractivity (Wildman–Crippen MR) is 89.4 cm³/mol. The first kappa shape index (κ1) is 16.4. The summed E-state index contributed by atoms with van der Waals surface area (Å²) in [6, 6.07) is 8.57. The lowest BCUT2D eigenvalue weighted by Crippen LogP contribution is -2.40. The average Bonchev–Trinajstić information content (AvgIpc) is 2.48. The van der Waals surface area contributed by atoms with E-state index in [1.165, 1.54) is 19.3 Å². The first-order valence-electron chi connectivity index (χ1n) is 7.89. The molecule has 21 heavy (non-hydrogen) atoms. The monoisotopic (exact) mass is 306 g/mol. The van der Waals surface area contributed by atoms with Gasteiger partial charge in [-0.1, -0.05) is 31.4 Å². The summed E-state index contributed by atoms with van der Waals surface area (Å²) in [6.07, 6.45) is 6.04. The molecule has 0 heterocycles. The Bertz CT molecular complexity index is 470. The van der Waals surface area contributed by atoms with Crippen molar-refractivity contribution in [1.82, 2.24) is 5.32 Å². The summed E-state index contributed by atoms with van der Waals surface area (Å²) in [5.74, 6) is 0.151. The third kappa shape index (κ3) is 5.04. The predicted octanol–water partition coefficient (Wildman–Crippen LogP) is 3.64. The van der Waals surface area contributed by atoms with Gasteiger partial charge in [0.15, 0.2) is 0 Å². The summed E-state index contributed by atoms with van der Waals surface area (Å²) in [5, 5.41) is 3.12. The molecule has 2 unspecified atom stereocenters. The zero-order valence-corrected chi connectivity index (χ0v) is 13.8. The van der Waals surface area contributed by atoms with Crippen LogP contribution < -0.4 is 11.1 Å². The summed E-state index contributed by atoms with van der Waals surface area (Å²) in [5.41, 5.74) is 7.02. The van der Waals surface area contributed by atoms with Crippen molar-refractivity contribution in [3.05, 3.63) is 29.8 Å². The number of hydrogen-bond acceptors (Lipinski definition) is 3. The van der Waals surface area contributed by atoms with Crippen LogP contribution in [0.25, 0.3) is 0 Å². The van der Waals surface area contributed by atoms with Crippen molar-refractivity contribution in [2.45, 2.75) is 68.2 Å². The quantitative estimate of drug-likeness (QED) is 0.817. The van der Waals surface area contributed by atoms with E-state index in [2.05, 4.69) is 11.4 Å². The van der Waals surface area contributed by atoms with Crippen molar-refractivity contribution in [3.8, 4) is 0 Å². The molecular formula is C17H26N2OS. The van der Waals surface area contributed by atoms with Crippen molar-refractivity contribution in [3.63, 3.8) is 0 Å². The molecule has 0 spiro atoms. The largest absolute Gasteiger partial charge is 0.352 e. The molecule has 0 saturated heterocycles. The Labute approximate surface area is 132 Å². The molecule has 1 aromatic rings. The van der Waals surface area contributed by atoms with Gasteiger partial charge in [-0.15, -0.1) is 11.8 Å². The number of carbonyl (C=O) groups excluding carboxylic acids is 1. The molecular weight excluding hydrogens is 280 g/mol. The second-order valence-corrected chi connectivity index (χ2v) is 7.38. The third-order valence-corrected chi connectivity index (χ3v) is 5.11. The minimum Gasteiger partial charge on any atom is -0.352 e. The minimum absolute atomic E-state index is 0.0249. The average molecular weight is 306 g/mol. The number of nitrogens with two attached hydrogens (primary N) is 1. The third-order valence-electron chi connectivity index (χ3n) is 4.02. The second kappa shape index (κ2) is 7.85. The zero-order valence-electron chi connectivity index (χ0n) is 13.0. The normalized spacial score (nSPS) is 19.0. The van der Waals surface area contributed by atoms with E-state index in [1.54, 1.807) is 11.8 Å². The Hall–Kier alpha value is -1.00. The molecule has 0 aromatic heterocycles. The minimum atomic E-state index is -0.0738. The Morgan fingerprint density at radius 2 is 2.00 bits per heavy atom. The highest BCUT2D eigenvalue weighted by Gasteiger charge is 2.20. The van der Waals surface area contributed by atoms with Gasteiger partial charge in [0.1, 0.15) is 0 Å². The summed E-state index contributed by atoms with van der Waals surface area (Å²) in [7, 11) is 0. The first-order valence-corrected chi connectivity index (χ1v) is 8.77. The van der Waals surface area contributed by atoms with E-state index in [0.717, 1.165) is 23.3 Å². The molecule has 3 nitrogen and oxygen atoms in total. The molecule has 1 amide bonds. The lowest BCUT2D eigenvalue weighted by Gasteiger charge is -2.24. The highest BCUT2D eigenvalue weighted by Crippen LogP contribution is 2.26.